The molecular formula is C28H26ClN3O3. The van der Waals surface area contributed by atoms with Gasteiger partial charge in [-0.05, 0) is 67.3 Å². The first kappa shape index (κ1) is 23.1. The van der Waals surface area contributed by atoms with Crippen molar-refractivity contribution in [3.8, 4) is 11.5 Å². The van der Waals surface area contributed by atoms with Gasteiger partial charge in [0.2, 0.25) is 11.8 Å². The quantitative estimate of drug-likeness (QED) is 0.359. The summed E-state index contributed by atoms with van der Waals surface area (Å²) in [6.07, 6.45) is 1.56. The molecule has 1 aromatic heterocycles. The molecule has 2 amide bonds. The summed E-state index contributed by atoms with van der Waals surface area (Å²) in [6, 6.07) is 22.2. The Balaban J connectivity index is 1.21. The SMILES string of the molecule is C[C@H](C(=O)Nc1cccc(Cl)c1)C1CCN(C(=O)c2ccc3oc(-c4ccccc4)nc3c2)CC1. The fourth-order valence-electron chi connectivity index (χ4n) is 4.59. The Bertz CT molecular complexity index is 1360. The Morgan fingerprint density at radius 1 is 1.03 bits per heavy atom. The second-order valence-corrected chi connectivity index (χ2v) is 9.42. The van der Waals surface area contributed by atoms with Crippen LogP contribution in [0.15, 0.2) is 77.2 Å². The van der Waals surface area contributed by atoms with Crippen LogP contribution in [0.2, 0.25) is 5.02 Å². The number of piperidine rings is 1. The highest BCUT2D eigenvalue weighted by molar-refractivity contribution is 6.30. The van der Waals surface area contributed by atoms with Crippen molar-refractivity contribution in [3.63, 3.8) is 0 Å². The van der Waals surface area contributed by atoms with E-state index in [2.05, 4.69) is 10.3 Å². The van der Waals surface area contributed by atoms with Gasteiger partial charge in [0.25, 0.3) is 5.91 Å². The number of amides is 2. The highest BCUT2D eigenvalue weighted by atomic mass is 35.5. The first-order valence-corrected chi connectivity index (χ1v) is 12.2. The molecule has 1 aliphatic heterocycles. The predicted octanol–water partition coefficient (Wildman–Crippen LogP) is 6.28. The zero-order valence-electron chi connectivity index (χ0n) is 19.4. The van der Waals surface area contributed by atoms with Crippen molar-refractivity contribution in [2.75, 3.05) is 18.4 Å². The minimum atomic E-state index is -0.158. The standard InChI is InChI=1S/C28H26ClN3O3/c1-18(26(33)30-23-9-5-8-22(29)17-23)19-12-14-32(15-13-19)28(34)21-10-11-25-24(16-21)31-27(35-25)20-6-3-2-4-7-20/h2-11,16-19H,12-15H2,1H3,(H,30,33)/t18-/m0/s1. The zero-order valence-corrected chi connectivity index (χ0v) is 20.2. The maximum absolute atomic E-state index is 13.2. The third-order valence-electron chi connectivity index (χ3n) is 6.69. The van der Waals surface area contributed by atoms with Crippen molar-refractivity contribution in [2.24, 2.45) is 11.8 Å². The molecule has 1 N–H and O–H groups in total. The van der Waals surface area contributed by atoms with Crippen molar-refractivity contribution in [3.05, 3.63) is 83.4 Å². The second-order valence-electron chi connectivity index (χ2n) is 8.99. The smallest absolute Gasteiger partial charge is 0.253 e. The number of nitrogens with one attached hydrogen (secondary N) is 1. The third-order valence-corrected chi connectivity index (χ3v) is 6.93. The molecule has 6 nitrogen and oxygen atoms in total. The summed E-state index contributed by atoms with van der Waals surface area (Å²) < 4.78 is 5.87. The predicted molar refractivity (Wildman–Crippen MR) is 137 cm³/mol. The van der Waals surface area contributed by atoms with Gasteiger partial charge in [-0.25, -0.2) is 4.98 Å². The van der Waals surface area contributed by atoms with Gasteiger partial charge < -0.3 is 14.6 Å². The number of nitrogens with zero attached hydrogens (tertiary/aromatic N) is 2. The number of hydrogen-bond acceptors (Lipinski definition) is 4. The van der Waals surface area contributed by atoms with E-state index in [1.54, 1.807) is 30.3 Å². The molecule has 1 atom stereocenters. The number of anilines is 1. The van der Waals surface area contributed by atoms with E-state index in [9.17, 15) is 9.59 Å². The molecule has 1 fully saturated rings. The summed E-state index contributed by atoms with van der Waals surface area (Å²) in [7, 11) is 0. The van der Waals surface area contributed by atoms with E-state index >= 15 is 0 Å². The van der Waals surface area contributed by atoms with Gasteiger partial charge in [0.05, 0.1) is 0 Å². The summed E-state index contributed by atoms with van der Waals surface area (Å²) in [5.41, 5.74) is 3.50. The Morgan fingerprint density at radius 2 is 1.80 bits per heavy atom. The number of oxazole rings is 1. The third kappa shape index (κ3) is 5.08. The van der Waals surface area contributed by atoms with Crippen molar-refractivity contribution < 1.29 is 14.0 Å². The number of hydrogen-bond donors (Lipinski definition) is 1. The summed E-state index contributed by atoms with van der Waals surface area (Å²) >= 11 is 6.02. The number of rotatable bonds is 5. The van der Waals surface area contributed by atoms with Gasteiger partial charge in [0.1, 0.15) is 5.52 Å². The van der Waals surface area contributed by atoms with Gasteiger partial charge in [-0.1, -0.05) is 42.8 Å². The highest BCUT2D eigenvalue weighted by Crippen LogP contribution is 2.29. The molecule has 2 heterocycles. The van der Waals surface area contributed by atoms with Crippen molar-refractivity contribution in [1.82, 2.24) is 9.88 Å². The largest absolute Gasteiger partial charge is 0.436 e. The molecule has 0 spiro atoms. The Labute approximate surface area is 208 Å². The van der Waals surface area contributed by atoms with Crippen LogP contribution in [0.1, 0.15) is 30.1 Å². The van der Waals surface area contributed by atoms with Crippen LogP contribution in [0.4, 0.5) is 5.69 Å². The van der Waals surface area contributed by atoms with E-state index in [1.807, 2.05) is 54.3 Å². The fourth-order valence-corrected chi connectivity index (χ4v) is 4.78. The maximum Gasteiger partial charge on any atom is 0.253 e. The molecule has 0 saturated carbocycles. The van der Waals surface area contributed by atoms with Crippen LogP contribution < -0.4 is 5.32 Å². The minimum Gasteiger partial charge on any atom is -0.436 e. The van der Waals surface area contributed by atoms with Gasteiger partial charge in [0, 0.05) is 40.8 Å². The molecule has 0 unspecified atom stereocenters. The molecule has 0 radical (unpaired) electrons. The molecule has 1 saturated heterocycles. The normalized spacial score (nSPS) is 15.2. The topological polar surface area (TPSA) is 75.4 Å². The molecule has 35 heavy (non-hydrogen) atoms. The summed E-state index contributed by atoms with van der Waals surface area (Å²) in [4.78, 5) is 32.4. The number of halogens is 1. The molecule has 4 aromatic rings. The van der Waals surface area contributed by atoms with Crippen LogP contribution in [0.5, 0.6) is 0 Å². The zero-order chi connectivity index (χ0) is 24.4. The number of fused-ring (bicyclic) bond motifs is 1. The first-order valence-electron chi connectivity index (χ1n) is 11.8. The number of likely N-dealkylation sites (tertiary alicyclic amines) is 1. The van der Waals surface area contributed by atoms with E-state index < -0.39 is 0 Å². The van der Waals surface area contributed by atoms with Crippen LogP contribution in [-0.4, -0.2) is 34.8 Å². The highest BCUT2D eigenvalue weighted by Gasteiger charge is 2.30. The Hall–Kier alpha value is -3.64. The van der Waals surface area contributed by atoms with E-state index in [4.69, 9.17) is 16.0 Å². The minimum absolute atomic E-state index is 0.0226. The Morgan fingerprint density at radius 3 is 2.54 bits per heavy atom. The molecule has 0 bridgehead atoms. The lowest BCUT2D eigenvalue weighted by Crippen LogP contribution is -2.41. The molecule has 0 aliphatic carbocycles. The summed E-state index contributed by atoms with van der Waals surface area (Å²) in [5, 5.41) is 3.54. The lowest BCUT2D eigenvalue weighted by molar-refractivity contribution is -0.121. The lowest BCUT2D eigenvalue weighted by atomic mass is 9.84. The lowest BCUT2D eigenvalue weighted by Gasteiger charge is -2.34. The van der Waals surface area contributed by atoms with Crippen molar-refractivity contribution >= 4 is 40.2 Å². The van der Waals surface area contributed by atoms with Crippen LogP contribution in [-0.2, 0) is 4.79 Å². The van der Waals surface area contributed by atoms with Crippen LogP contribution >= 0.6 is 11.6 Å². The van der Waals surface area contributed by atoms with Crippen molar-refractivity contribution in [1.29, 1.82) is 0 Å². The van der Waals surface area contributed by atoms with Gasteiger partial charge in [-0.15, -0.1) is 0 Å². The van der Waals surface area contributed by atoms with Crippen LogP contribution in [0, 0.1) is 11.8 Å². The Kier molecular flexibility index (Phi) is 6.55. The number of aromatic nitrogens is 1. The van der Waals surface area contributed by atoms with Gasteiger partial charge in [-0.3, -0.25) is 9.59 Å². The molecule has 5 rings (SSSR count). The monoisotopic (exact) mass is 487 g/mol. The van der Waals surface area contributed by atoms with E-state index in [0.717, 1.165) is 18.4 Å². The van der Waals surface area contributed by atoms with E-state index in [0.29, 0.717) is 46.4 Å². The summed E-state index contributed by atoms with van der Waals surface area (Å²) in [6.45, 7) is 3.18. The average molecular weight is 488 g/mol. The first-order chi connectivity index (χ1) is 17.0. The molecule has 178 valence electrons. The average Bonchev–Trinajstić information content (AvgIpc) is 3.32. The van der Waals surface area contributed by atoms with Crippen LogP contribution in [0.25, 0.3) is 22.6 Å². The fraction of sp³-hybridized carbons (Fsp3) is 0.250. The second kappa shape index (κ2) is 9.92. The molecule has 1 aliphatic rings. The number of benzene rings is 3. The number of carbonyl (C=O) groups excluding carboxylic acids is 2. The van der Waals surface area contributed by atoms with Crippen molar-refractivity contribution in [2.45, 2.75) is 19.8 Å². The van der Waals surface area contributed by atoms with Gasteiger partial charge >= 0.3 is 0 Å². The van der Waals surface area contributed by atoms with E-state index in [-0.39, 0.29) is 23.7 Å². The molecule has 3 aromatic carbocycles. The molecular weight excluding hydrogens is 462 g/mol. The van der Waals surface area contributed by atoms with Gasteiger partial charge in [-0.2, -0.15) is 0 Å². The van der Waals surface area contributed by atoms with Gasteiger partial charge in [0.15, 0.2) is 5.58 Å². The van der Waals surface area contributed by atoms with Crippen LogP contribution in [0.3, 0.4) is 0 Å². The summed E-state index contributed by atoms with van der Waals surface area (Å²) in [5.74, 6) is 0.545. The molecule has 7 heteroatoms. The number of carbonyl (C=O) groups is 2. The maximum atomic E-state index is 13.2. The van der Waals surface area contributed by atoms with E-state index in [1.165, 1.54) is 0 Å².